The van der Waals surface area contributed by atoms with Crippen molar-refractivity contribution in [2.75, 3.05) is 19.1 Å². The van der Waals surface area contributed by atoms with E-state index in [1.165, 1.54) is 16.7 Å². The number of carbonyl (C=O) groups excluding carboxylic acids is 1. The fraction of sp³-hybridized carbons (Fsp3) is 0.111. The second-order valence-corrected chi connectivity index (χ2v) is 6.61. The number of thiocarbonyl (C=S) groups is 1. The predicted octanol–water partition coefficient (Wildman–Crippen LogP) is 4.11. The van der Waals surface area contributed by atoms with Crippen molar-refractivity contribution in [3.8, 4) is 11.5 Å². The molecule has 1 amide bonds. The normalized spacial score (nSPS) is 15.9. The summed E-state index contributed by atoms with van der Waals surface area (Å²) >= 11 is 6.67. The maximum absolute atomic E-state index is 12.8. The van der Waals surface area contributed by atoms with E-state index in [9.17, 15) is 4.79 Å². The van der Waals surface area contributed by atoms with E-state index >= 15 is 0 Å². The van der Waals surface area contributed by atoms with E-state index in [2.05, 4.69) is 0 Å². The van der Waals surface area contributed by atoms with Gasteiger partial charge in [0.1, 0.15) is 11.5 Å². The Morgan fingerprint density at radius 1 is 1.00 bits per heavy atom. The third-order valence-corrected chi connectivity index (χ3v) is 4.85. The first-order chi connectivity index (χ1) is 11.7. The fourth-order valence-corrected chi connectivity index (χ4v) is 3.69. The smallest absolute Gasteiger partial charge is 0.270 e. The number of ether oxygens (including phenoxy) is 2. The third kappa shape index (κ3) is 3.02. The molecule has 0 unspecified atom stereocenters. The lowest BCUT2D eigenvalue weighted by Gasteiger charge is -2.17. The molecular formula is C18H15NO3S2. The van der Waals surface area contributed by atoms with E-state index in [0.29, 0.717) is 26.4 Å². The summed E-state index contributed by atoms with van der Waals surface area (Å²) in [5.74, 6) is 1.15. The molecule has 0 N–H and O–H groups in total. The van der Waals surface area contributed by atoms with Gasteiger partial charge in [0.15, 0.2) is 4.32 Å². The Bertz CT molecular complexity index is 833. The van der Waals surface area contributed by atoms with Crippen LogP contribution in [0.3, 0.4) is 0 Å². The average molecular weight is 357 g/mol. The topological polar surface area (TPSA) is 38.8 Å². The summed E-state index contributed by atoms with van der Waals surface area (Å²) in [7, 11) is 3.17. The molecule has 1 saturated heterocycles. The van der Waals surface area contributed by atoms with Crippen molar-refractivity contribution < 1.29 is 14.3 Å². The molecule has 2 aromatic rings. The molecule has 3 rings (SSSR count). The lowest BCUT2D eigenvalue weighted by atomic mass is 10.2. The molecule has 1 aliphatic rings. The van der Waals surface area contributed by atoms with Crippen LogP contribution in [0.25, 0.3) is 6.08 Å². The van der Waals surface area contributed by atoms with Crippen LogP contribution in [-0.4, -0.2) is 24.4 Å². The van der Waals surface area contributed by atoms with Crippen LogP contribution in [0.1, 0.15) is 5.56 Å². The highest BCUT2D eigenvalue weighted by atomic mass is 32.2. The number of carbonyl (C=O) groups is 1. The summed E-state index contributed by atoms with van der Waals surface area (Å²) < 4.78 is 11.2. The van der Waals surface area contributed by atoms with Gasteiger partial charge in [-0.1, -0.05) is 54.3 Å². The summed E-state index contributed by atoms with van der Waals surface area (Å²) in [4.78, 5) is 14.9. The molecule has 0 aromatic heterocycles. The molecule has 0 radical (unpaired) electrons. The number of methoxy groups -OCH3 is 2. The molecule has 0 spiro atoms. The summed E-state index contributed by atoms with van der Waals surface area (Å²) in [5, 5.41) is 0. The second-order valence-electron chi connectivity index (χ2n) is 4.93. The zero-order valence-corrected chi connectivity index (χ0v) is 14.8. The number of hydrogen-bond acceptors (Lipinski definition) is 5. The van der Waals surface area contributed by atoms with Crippen LogP contribution in [0.5, 0.6) is 11.5 Å². The average Bonchev–Trinajstić information content (AvgIpc) is 2.89. The zero-order chi connectivity index (χ0) is 17.1. The Hall–Kier alpha value is -2.31. The Labute approximate surface area is 150 Å². The van der Waals surface area contributed by atoms with Crippen molar-refractivity contribution in [2.24, 2.45) is 0 Å². The number of anilines is 1. The molecule has 0 atom stereocenters. The Kier molecular flexibility index (Phi) is 4.87. The van der Waals surface area contributed by atoms with Gasteiger partial charge in [0, 0.05) is 5.56 Å². The van der Waals surface area contributed by atoms with Crippen LogP contribution < -0.4 is 14.4 Å². The first kappa shape index (κ1) is 16.5. The molecule has 1 aliphatic heterocycles. The summed E-state index contributed by atoms with van der Waals surface area (Å²) in [5.41, 5.74) is 1.48. The van der Waals surface area contributed by atoms with E-state index < -0.39 is 0 Å². The molecule has 4 nitrogen and oxygen atoms in total. The van der Waals surface area contributed by atoms with Crippen LogP contribution in [0.2, 0.25) is 0 Å². The molecule has 0 saturated carbocycles. The first-order valence-corrected chi connectivity index (χ1v) is 8.42. The monoisotopic (exact) mass is 357 g/mol. The predicted molar refractivity (Wildman–Crippen MR) is 102 cm³/mol. The van der Waals surface area contributed by atoms with Crippen LogP contribution in [0.4, 0.5) is 5.69 Å². The van der Waals surface area contributed by atoms with Crippen LogP contribution in [0.15, 0.2) is 53.4 Å². The van der Waals surface area contributed by atoms with Crippen LogP contribution >= 0.6 is 24.0 Å². The zero-order valence-electron chi connectivity index (χ0n) is 13.2. The number of thioether (sulfide) groups is 1. The van der Waals surface area contributed by atoms with Crippen LogP contribution in [-0.2, 0) is 4.79 Å². The lowest BCUT2D eigenvalue weighted by molar-refractivity contribution is -0.113. The van der Waals surface area contributed by atoms with Crippen molar-refractivity contribution in [3.63, 3.8) is 0 Å². The van der Waals surface area contributed by atoms with Gasteiger partial charge in [-0.2, -0.15) is 0 Å². The maximum atomic E-state index is 12.8. The number of nitrogens with zero attached hydrogens (tertiary/aromatic N) is 1. The minimum Gasteiger partial charge on any atom is -0.496 e. The van der Waals surface area contributed by atoms with Gasteiger partial charge in [-0.3, -0.25) is 9.69 Å². The van der Waals surface area contributed by atoms with Crippen molar-refractivity contribution in [1.82, 2.24) is 0 Å². The Morgan fingerprint density at radius 2 is 1.62 bits per heavy atom. The molecule has 0 bridgehead atoms. The van der Waals surface area contributed by atoms with Crippen LogP contribution in [0, 0.1) is 0 Å². The van der Waals surface area contributed by atoms with Gasteiger partial charge in [0.05, 0.1) is 24.8 Å². The SMILES string of the molecule is COc1ccccc1/C=C1/SC(=S)N(c2ccccc2OC)C1=O. The molecule has 6 heteroatoms. The standard InChI is InChI=1S/C18H15NO3S2/c1-21-14-9-5-3-7-12(14)11-16-17(20)19(18(23)24-16)13-8-4-6-10-15(13)22-2/h3-11H,1-2H3/b16-11+. The highest BCUT2D eigenvalue weighted by Crippen LogP contribution is 2.40. The number of para-hydroxylation sites is 3. The number of benzene rings is 2. The third-order valence-electron chi connectivity index (χ3n) is 3.55. The number of rotatable bonds is 4. The minimum absolute atomic E-state index is 0.166. The highest BCUT2D eigenvalue weighted by molar-refractivity contribution is 8.27. The number of hydrogen-bond donors (Lipinski definition) is 0. The van der Waals surface area contributed by atoms with Gasteiger partial charge in [-0.15, -0.1) is 0 Å². The Balaban J connectivity index is 1.99. The molecule has 2 aromatic carbocycles. The van der Waals surface area contributed by atoms with Crippen molar-refractivity contribution >= 4 is 46.0 Å². The molecular weight excluding hydrogens is 342 g/mol. The quantitative estimate of drug-likeness (QED) is 0.608. The summed E-state index contributed by atoms with van der Waals surface area (Å²) in [6, 6.07) is 14.9. The second kappa shape index (κ2) is 7.07. The van der Waals surface area contributed by atoms with E-state index in [-0.39, 0.29) is 5.91 Å². The van der Waals surface area contributed by atoms with Gasteiger partial charge in [-0.25, -0.2) is 0 Å². The number of amides is 1. The largest absolute Gasteiger partial charge is 0.496 e. The van der Waals surface area contributed by atoms with Crippen molar-refractivity contribution in [2.45, 2.75) is 0 Å². The minimum atomic E-state index is -0.166. The van der Waals surface area contributed by atoms with Gasteiger partial charge in [-0.05, 0) is 24.3 Å². The van der Waals surface area contributed by atoms with E-state index in [1.807, 2.05) is 42.5 Å². The summed E-state index contributed by atoms with van der Waals surface area (Å²) in [6.45, 7) is 0. The molecule has 0 aliphatic carbocycles. The fourth-order valence-electron chi connectivity index (χ4n) is 2.42. The maximum Gasteiger partial charge on any atom is 0.270 e. The van der Waals surface area contributed by atoms with E-state index in [1.54, 1.807) is 26.4 Å². The van der Waals surface area contributed by atoms with Gasteiger partial charge in [0.2, 0.25) is 0 Å². The van der Waals surface area contributed by atoms with E-state index in [4.69, 9.17) is 21.7 Å². The first-order valence-electron chi connectivity index (χ1n) is 7.19. The molecule has 1 fully saturated rings. The lowest BCUT2D eigenvalue weighted by Crippen LogP contribution is -2.27. The van der Waals surface area contributed by atoms with Gasteiger partial charge in [0.25, 0.3) is 5.91 Å². The molecule has 24 heavy (non-hydrogen) atoms. The molecule has 1 heterocycles. The highest BCUT2D eigenvalue weighted by Gasteiger charge is 2.34. The van der Waals surface area contributed by atoms with Gasteiger partial charge < -0.3 is 9.47 Å². The van der Waals surface area contributed by atoms with Crippen molar-refractivity contribution in [1.29, 1.82) is 0 Å². The van der Waals surface area contributed by atoms with E-state index in [0.717, 1.165) is 5.56 Å². The molecule has 122 valence electrons. The van der Waals surface area contributed by atoms with Crippen molar-refractivity contribution in [3.05, 3.63) is 59.0 Å². The Morgan fingerprint density at radius 3 is 2.33 bits per heavy atom. The summed E-state index contributed by atoms with van der Waals surface area (Å²) in [6.07, 6.45) is 1.80. The van der Waals surface area contributed by atoms with Gasteiger partial charge >= 0.3 is 0 Å².